The Morgan fingerprint density at radius 2 is 0.792 bits per heavy atom. The highest BCUT2D eigenvalue weighted by molar-refractivity contribution is 6.03. The maximum Gasteiger partial charge on any atom is 0.0726 e. The maximum absolute atomic E-state index is 2.49. The van der Waals surface area contributed by atoms with Crippen molar-refractivity contribution in [3.8, 4) is 44.5 Å². The Morgan fingerprint density at radius 3 is 1.51 bits per heavy atom. The molecule has 0 saturated heterocycles. The van der Waals surface area contributed by atoms with Gasteiger partial charge in [-0.2, -0.15) is 0 Å². The molecule has 0 aromatic heterocycles. The van der Waals surface area contributed by atoms with Crippen LogP contribution in [0.4, 0.5) is 17.1 Å². The Hall–Kier alpha value is -6.44. The summed E-state index contributed by atoms with van der Waals surface area (Å²) in [6.45, 7) is 4.77. The van der Waals surface area contributed by atoms with E-state index < -0.39 is 5.41 Å². The van der Waals surface area contributed by atoms with Crippen molar-refractivity contribution in [2.45, 2.75) is 24.7 Å². The van der Waals surface area contributed by atoms with E-state index in [2.05, 4.69) is 207 Å². The van der Waals surface area contributed by atoms with Gasteiger partial charge in [0.1, 0.15) is 0 Å². The molecule has 1 nitrogen and oxygen atoms in total. The molecule has 0 radical (unpaired) electrons. The molecule has 1 heteroatoms. The van der Waals surface area contributed by atoms with E-state index in [-0.39, 0.29) is 5.41 Å². The highest BCUT2D eigenvalue weighted by Crippen LogP contribution is 2.66. The molecule has 0 amide bonds. The molecule has 53 heavy (non-hydrogen) atoms. The SMILES string of the molecule is CC1(C)c2ccccc2-c2c1ccc1c2-c2ccccc2C12c1ccccc1-c1ccc(N(c3ccccc3)c3ccc(-c4ccccc4)cc3)cc12. The third-order valence-corrected chi connectivity index (χ3v) is 12.3. The number of benzene rings is 8. The molecule has 3 aliphatic rings. The van der Waals surface area contributed by atoms with Crippen LogP contribution in [0.2, 0.25) is 0 Å². The third-order valence-electron chi connectivity index (χ3n) is 12.3. The Kier molecular flexibility index (Phi) is 6.29. The summed E-state index contributed by atoms with van der Waals surface area (Å²) in [5.41, 5.74) is 21.7. The minimum atomic E-state index is -0.454. The average molecular weight is 676 g/mol. The van der Waals surface area contributed by atoms with Crippen molar-refractivity contribution in [1.82, 2.24) is 0 Å². The Morgan fingerprint density at radius 1 is 0.321 bits per heavy atom. The first-order valence-electron chi connectivity index (χ1n) is 18.7. The number of fused-ring (bicyclic) bond motifs is 14. The van der Waals surface area contributed by atoms with Crippen LogP contribution in [0.1, 0.15) is 47.2 Å². The van der Waals surface area contributed by atoms with Gasteiger partial charge in [0.15, 0.2) is 0 Å². The Balaban J connectivity index is 1.18. The number of anilines is 3. The lowest BCUT2D eigenvalue weighted by Gasteiger charge is -2.32. The first-order chi connectivity index (χ1) is 26.1. The van der Waals surface area contributed by atoms with Crippen LogP contribution in [-0.4, -0.2) is 0 Å². The molecule has 0 bridgehead atoms. The average Bonchev–Trinajstić information content (AvgIpc) is 3.77. The lowest BCUT2D eigenvalue weighted by atomic mass is 9.70. The second-order valence-electron chi connectivity index (χ2n) is 15.2. The van der Waals surface area contributed by atoms with E-state index in [0.717, 1.165) is 17.1 Å². The molecule has 3 aliphatic carbocycles. The summed E-state index contributed by atoms with van der Waals surface area (Å²) < 4.78 is 0. The van der Waals surface area contributed by atoms with Crippen LogP contribution < -0.4 is 4.90 Å². The predicted octanol–water partition coefficient (Wildman–Crippen LogP) is 13.5. The van der Waals surface area contributed by atoms with E-state index in [1.165, 1.54) is 77.9 Å². The summed E-state index contributed by atoms with van der Waals surface area (Å²) >= 11 is 0. The first-order valence-corrected chi connectivity index (χ1v) is 18.7. The molecule has 250 valence electrons. The summed E-state index contributed by atoms with van der Waals surface area (Å²) in [5, 5.41) is 0. The zero-order chi connectivity index (χ0) is 35.3. The molecule has 1 atom stereocenters. The number of rotatable bonds is 4. The Labute approximate surface area is 311 Å². The molecule has 8 aromatic rings. The van der Waals surface area contributed by atoms with Crippen LogP contribution in [0.3, 0.4) is 0 Å². The minimum absolute atomic E-state index is 0.0729. The lowest BCUT2D eigenvalue weighted by molar-refractivity contribution is 0.660. The van der Waals surface area contributed by atoms with E-state index >= 15 is 0 Å². The van der Waals surface area contributed by atoms with Crippen LogP contribution >= 0.6 is 0 Å². The van der Waals surface area contributed by atoms with Crippen molar-refractivity contribution in [3.05, 3.63) is 221 Å². The normalized spacial score (nSPS) is 16.3. The van der Waals surface area contributed by atoms with Crippen molar-refractivity contribution < 1.29 is 0 Å². The van der Waals surface area contributed by atoms with Gasteiger partial charge in [-0.1, -0.05) is 166 Å². The first kappa shape index (κ1) is 30.2. The fraction of sp³-hybridized carbons (Fsp3) is 0.0769. The molecule has 8 aromatic carbocycles. The van der Waals surface area contributed by atoms with E-state index in [9.17, 15) is 0 Å². The third kappa shape index (κ3) is 4.02. The van der Waals surface area contributed by atoms with Crippen LogP contribution in [-0.2, 0) is 10.8 Å². The van der Waals surface area contributed by atoms with Gasteiger partial charge in [-0.15, -0.1) is 0 Å². The summed E-state index contributed by atoms with van der Waals surface area (Å²) in [6.07, 6.45) is 0. The van der Waals surface area contributed by atoms with Gasteiger partial charge in [-0.3, -0.25) is 0 Å². The van der Waals surface area contributed by atoms with Gasteiger partial charge in [0.05, 0.1) is 5.41 Å². The van der Waals surface area contributed by atoms with E-state index in [4.69, 9.17) is 0 Å². The van der Waals surface area contributed by atoms with Crippen molar-refractivity contribution in [2.24, 2.45) is 0 Å². The van der Waals surface area contributed by atoms with Gasteiger partial charge >= 0.3 is 0 Å². The van der Waals surface area contributed by atoms with Crippen molar-refractivity contribution >= 4 is 17.1 Å². The fourth-order valence-electron chi connectivity index (χ4n) is 10.0. The second-order valence-corrected chi connectivity index (χ2v) is 15.2. The van der Waals surface area contributed by atoms with E-state index in [1.54, 1.807) is 0 Å². The molecule has 0 fully saturated rings. The summed E-state index contributed by atoms with van der Waals surface area (Å²) in [6, 6.07) is 69.9. The van der Waals surface area contributed by atoms with Crippen molar-refractivity contribution in [1.29, 1.82) is 0 Å². The molecule has 1 spiro atoms. The van der Waals surface area contributed by atoms with Crippen LogP contribution in [0.5, 0.6) is 0 Å². The van der Waals surface area contributed by atoms with Gasteiger partial charge in [0.25, 0.3) is 0 Å². The van der Waals surface area contributed by atoms with Gasteiger partial charge in [-0.05, 0) is 114 Å². The van der Waals surface area contributed by atoms with Crippen LogP contribution in [0.15, 0.2) is 188 Å². The van der Waals surface area contributed by atoms with Crippen LogP contribution in [0, 0.1) is 0 Å². The van der Waals surface area contributed by atoms with E-state index in [1.807, 2.05) is 0 Å². The molecule has 0 aliphatic heterocycles. The van der Waals surface area contributed by atoms with Gasteiger partial charge < -0.3 is 4.90 Å². The number of para-hydroxylation sites is 1. The zero-order valence-corrected chi connectivity index (χ0v) is 29.8. The highest BCUT2D eigenvalue weighted by Gasteiger charge is 2.53. The van der Waals surface area contributed by atoms with Crippen molar-refractivity contribution in [3.63, 3.8) is 0 Å². The largest absolute Gasteiger partial charge is 0.310 e. The molecule has 0 saturated carbocycles. The highest BCUT2D eigenvalue weighted by atomic mass is 15.1. The van der Waals surface area contributed by atoms with E-state index in [0.29, 0.717) is 0 Å². The number of hydrogen-bond acceptors (Lipinski definition) is 1. The molecule has 11 rings (SSSR count). The molecular formula is C52H37N. The smallest absolute Gasteiger partial charge is 0.0726 e. The monoisotopic (exact) mass is 675 g/mol. The minimum Gasteiger partial charge on any atom is -0.310 e. The zero-order valence-electron chi connectivity index (χ0n) is 29.8. The van der Waals surface area contributed by atoms with Gasteiger partial charge in [0.2, 0.25) is 0 Å². The summed E-state index contributed by atoms with van der Waals surface area (Å²) in [4.78, 5) is 2.41. The van der Waals surface area contributed by atoms with Gasteiger partial charge in [-0.25, -0.2) is 0 Å². The standard InChI is InChI=1S/C52H37N/c1-51(2)43-22-12-10-20-41(43)49-46(51)31-32-47-50(49)42-21-11-14-24-45(42)52(47)44-23-13-9-19-39(44)40-30-29-38(33-48(40)52)53(36-17-7-4-8-18-36)37-27-25-35(26-28-37)34-15-5-3-6-16-34/h3-33H,1-2H3. The summed E-state index contributed by atoms with van der Waals surface area (Å²) in [5.74, 6) is 0. The topological polar surface area (TPSA) is 3.24 Å². The fourth-order valence-corrected chi connectivity index (χ4v) is 10.0. The van der Waals surface area contributed by atoms with Crippen molar-refractivity contribution in [2.75, 3.05) is 4.90 Å². The van der Waals surface area contributed by atoms with Crippen LogP contribution in [0.25, 0.3) is 44.5 Å². The number of hydrogen-bond donors (Lipinski definition) is 0. The number of nitrogens with zero attached hydrogens (tertiary/aromatic N) is 1. The molecule has 0 heterocycles. The Bertz CT molecular complexity index is 2740. The molecule has 1 unspecified atom stereocenters. The quantitative estimate of drug-likeness (QED) is 0.179. The second kappa shape index (κ2) is 11.0. The van der Waals surface area contributed by atoms with Gasteiger partial charge in [0, 0.05) is 22.5 Å². The summed E-state index contributed by atoms with van der Waals surface area (Å²) in [7, 11) is 0. The molecule has 0 N–H and O–H groups in total. The predicted molar refractivity (Wildman–Crippen MR) is 220 cm³/mol. The molecular weight excluding hydrogens is 639 g/mol. The lowest BCUT2D eigenvalue weighted by Crippen LogP contribution is -2.26. The maximum atomic E-state index is 2.49.